The molecule has 0 fully saturated rings. The summed E-state index contributed by atoms with van der Waals surface area (Å²) in [6.07, 6.45) is 4.27. The van der Waals surface area contributed by atoms with Crippen LogP contribution in [-0.2, 0) is 14.4 Å². The van der Waals surface area contributed by atoms with Crippen LogP contribution in [0.3, 0.4) is 0 Å². The SMILES string of the molecule is CCOc1cc(C2C3=C(CCCC3=O)N(CC)C3=C2C(=O)CCC3)cc(Br)c1OCC(=O)Nc1ccccc1. The van der Waals surface area contributed by atoms with E-state index in [2.05, 4.69) is 33.1 Å². The molecule has 0 radical (unpaired) electrons. The van der Waals surface area contributed by atoms with Crippen molar-refractivity contribution in [3.63, 3.8) is 0 Å². The normalized spacial score (nSPS) is 17.7. The molecule has 39 heavy (non-hydrogen) atoms. The average molecular weight is 594 g/mol. The minimum absolute atomic E-state index is 0.108. The lowest BCUT2D eigenvalue weighted by Gasteiger charge is -2.43. The van der Waals surface area contributed by atoms with Crippen molar-refractivity contribution in [2.24, 2.45) is 0 Å². The molecule has 5 rings (SSSR count). The largest absolute Gasteiger partial charge is 0.490 e. The van der Waals surface area contributed by atoms with Gasteiger partial charge in [0.15, 0.2) is 29.7 Å². The van der Waals surface area contributed by atoms with Crippen molar-refractivity contribution in [3.8, 4) is 11.5 Å². The Bertz CT molecular complexity index is 1320. The van der Waals surface area contributed by atoms with Gasteiger partial charge in [0.1, 0.15) is 0 Å². The van der Waals surface area contributed by atoms with Crippen molar-refractivity contribution in [3.05, 3.63) is 75.0 Å². The number of carbonyl (C=O) groups is 3. The van der Waals surface area contributed by atoms with Crippen LogP contribution in [0.5, 0.6) is 11.5 Å². The number of ketones is 2. The number of allylic oxidation sites excluding steroid dienone is 4. The Morgan fingerprint density at radius 1 is 0.949 bits per heavy atom. The predicted octanol–water partition coefficient (Wildman–Crippen LogP) is 6.30. The van der Waals surface area contributed by atoms with E-state index in [0.717, 1.165) is 60.3 Å². The fourth-order valence-corrected chi connectivity index (χ4v) is 6.52. The van der Waals surface area contributed by atoms with Crippen LogP contribution < -0.4 is 14.8 Å². The molecule has 7 nitrogen and oxygen atoms in total. The zero-order chi connectivity index (χ0) is 27.5. The minimum atomic E-state index is -0.440. The first kappa shape index (κ1) is 27.2. The Kier molecular flexibility index (Phi) is 8.21. The summed E-state index contributed by atoms with van der Waals surface area (Å²) in [6, 6.07) is 13.0. The standard InChI is InChI=1S/C31H33BrN2O5/c1-3-34-22-12-8-14-24(35)29(22)28(30-23(34)13-9-15-25(30)36)19-16-21(32)31(26(17-19)38-4-2)39-18-27(37)33-20-10-6-5-7-11-20/h5-7,10-11,16-17,28H,3-4,8-9,12-15,18H2,1-2H3,(H,33,37). The molecule has 3 aliphatic rings. The molecular weight excluding hydrogens is 560 g/mol. The molecule has 0 saturated heterocycles. The summed E-state index contributed by atoms with van der Waals surface area (Å²) in [4.78, 5) is 41.6. The molecule has 0 spiro atoms. The molecule has 2 aliphatic carbocycles. The number of nitrogens with zero attached hydrogens (tertiary/aromatic N) is 1. The summed E-state index contributed by atoms with van der Waals surface area (Å²) in [6.45, 7) is 4.87. The Hall–Kier alpha value is -3.39. The maximum absolute atomic E-state index is 13.4. The number of Topliss-reactive ketones (excluding diaryl/α,β-unsaturated/α-hetero) is 2. The van der Waals surface area contributed by atoms with E-state index < -0.39 is 5.92 Å². The van der Waals surface area contributed by atoms with Gasteiger partial charge < -0.3 is 19.7 Å². The summed E-state index contributed by atoms with van der Waals surface area (Å²) in [5.41, 5.74) is 5.09. The average Bonchev–Trinajstić information content (AvgIpc) is 2.92. The van der Waals surface area contributed by atoms with Gasteiger partial charge in [0.25, 0.3) is 5.91 Å². The van der Waals surface area contributed by atoms with Crippen LogP contribution in [0.4, 0.5) is 5.69 Å². The second kappa shape index (κ2) is 11.8. The van der Waals surface area contributed by atoms with Gasteiger partial charge in [-0.25, -0.2) is 0 Å². The molecule has 1 heterocycles. The topological polar surface area (TPSA) is 84.9 Å². The lowest BCUT2D eigenvalue weighted by Crippen LogP contribution is -2.39. The van der Waals surface area contributed by atoms with Crippen LogP contribution >= 0.6 is 15.9 Å². The van der Waals surface area contributed by atoms with Gasteiger partial charge in [0.05, 0.1) is 11.1 Å². The Morgan fingerprint density at radius 2 is 1.59 bits per heavy atom. The molecule has 204 valence electrons. The van der Waals surface area contributed by atoms with Crippen molar-refractivity contribution in [1.29, 1.82) is 0 Å². The summed E-state index contributed by atoms with van der Waals surface area (Å²) >= 11 is 3.63. The van der Waals surface area contributed by atoms with E-state index >= 15 is 0 Å². The zero-order valence-corrected chi connectivity index (χ0v) is 23.9. The third kappa shape index (κ3) is 5.39. The monoisotopic (exact) mass is 592 g/mol. The predicted molar refractivity (Wildman–Crippen MR) is 153 cm³/mol. The van der Waals surface area contributed by atoms with E-state index in [-0.39, 0.29) is 24.1 Å². The van der Waals surface area contributed by atoms with Crippen LogP contribution in [0.25, 0.3) is 0 Å². The van der Waals surface area contributed by atoms with Crippen molar-refractivity contribution >= 4 is 39.1 Å². The summed E-state index contributed by atoms with van der Waals surface area (Å²) in [7, 11) is 0. The highest BCUT2D eigenvalue weighted by Crippen LogP contribution is 2.51. The fourth-order valence-electron chi connectivity index (χ4n) is 5.95. The first-order valence-electron chi connectivity index (χ1n) is 13.7. The maximum atomic E-state index is 13.4. The minimum Gasteiger partial charge on any atom is -0.490 e. The summed E-state index contributed by atoms with van der Waals surface area (Å²) in [5, 5.41) is 2.82. The van der Waals surface area contributed by atoms with E-state index in [1.54, 1.807) is 0 Å². The molecule has 8 heteroatoms. The van der Waals surface area contributed by atoms with Gasteiger partial charge in [-0.05, 0) is 85.3 Å². The van der Waals surface area contributed by atoms with Gasteiger partial charge in [0.2, 0.25) is 0 Å². The zero-order valence-electron chi connectivity index (χ0n) is 22.3. The first-order chi connectivity index (χ1) is 18.9. The van der Waals surface area contributed by atoms with Crippen LogP contribution in [0.15, 0.2) is 69.5 Å². The number of ether oxygens (including phenoxy) is 2. The smallest absolute Gasteiger partial charge is 0.262 e. The van der Waals surface area contributed by atoms with Crippen LogP contribution in [0, 0.1) is 0 Å². The Labute approximate surface area is 237 Å². The number of amides is 1. The number of rotatable bonds is 8. The molecule has 0 bridgehead atoms. The van der Waals surface area contributed by atoms with Crippen LogP contribution in [0.1, 0.15) is 63.9 Å². The molecule has 0 aromatic heterocycles. The van der Waals surface area contributed by atoms with E-state index in [1.165, 1.54) is 0 Å². The third-order valence-electron chi connectivity index (χ3n) is 7.47. The maximum Gasteiger partial charge on any atom is 0.262 e. The van der Waals surface area contributed by atoms with Crippen molar-refractivity contribution in [2.45, 2.75) is 58.3 Å². The third-order valence-corrected chi connectivity index (χ3v) is 8.06. The number of anilines is 1. The molecule has 2 aromatic rings. The second-order valence-corrected chi connectivity index (χ2v) is 10.8. The quantitative estimate of drug-likeness (QED) is 0.387. The number of nitrogens with one attached hydrogen (secondary N) is 1. The lowest BCUT2D eigenvalue weighted by atomic mass is 9.71. The highest BCUT2D eigenvalue weighted by atomic mass is 79.9. The van der Waals surface area contributed by atoms with Gasteiger partial charge in [-0.1, -0.05) is 18.2 Å². The molecule has 1 N–H and O–H groups in total. The number of hydrogen-bond donors (Lipinski definition) is 1. The van der Waals surface area contributed by atoms with E-state index in [0.29, 0.717) is 41.1 Å². The summed E-state index contributed by atoms with van der Waals surface area (Å²) < 4.78 is 12.5. The van der Waals surface area contributed by atoms with Gasteiger partial charge in [-0.2, -0.15) is 0 Å². The Morgan fingerprint density at radius 3 is 2.18 bits per heavy atom. The van der Waals surface area contributed by atoms with Crippen molar-refractivity contribution in [1.82, 2.24) is 4.90 Å². The number of para-hydroxylation sites is 1. The van der Waals surface area contributed by atoms with Gasteiger partial charge in [-0.15, -0.1) is 0 Å². The fraction of sp³-hybridized carbons (Fsp3) is 0.387. The van der Waals surface area contributed by atoms with Crippen LogP contribution in [-0.4, -0.2) is 42.1 Å². The highest BCUT2D eigenvalue weighted by Gasteiger charge is 2.43. The van der Waals surface area contributed by atoms with Gasteiger partial charge in [0, 0.05) is 53.5 Å². The molecule has 2 aromatic carbocycles. The van der Waals surface area contributed by atoms with E-state index in [1.807, 2.05) is 49.4 Å². The molecule has 0 atom stereocenters. The molecular formula is C31H33BrN2O5. The van der Waals surface area contributed by atoms with Crippen molar-refractivity contribution < 1.29 is 23.9 Å². The number of halogens is 1. The van der Waals surface area contributed by atoms with Gasteiger partial charge in [-0.3, -0.25) is 14.4 Å². The van der Waals surface area contributed by atoms with Crippen LogP contribution in [0.2, 0.25) is 0 Å². The molecule has 0 saturated carbocycles. The number of carbonyl (C=O) groups excluding carboxylic acids is 3. The van der Waals surface area contributed by atoms with E-state index in [9.17, 15) is 14.4 Å². The first-order valence-corrected chi connectivity index (χ1v) is 14.5. The molecule has 0 unspecified atom stereocenters. The number of benzene rings is 2. The van der Waals surface area contributed by atoms with Gasteiger partial charge >= 0.3 is 0 Å². The highest BCUT2D eigenvalue weighted by molar-refractivity contribution is 9.10. The molecule has 1 aliphatic heterocycles. The lowest BCUT2D eigenvalue weighted by molar-refractivity contribution is -0.118. The second-order valence-electron chi connectivity index (χ2n) is 9.92. The number of hydrogen-bond acceptors (Lipinski definition) is 6. The molecule has 1 amide bonds. The van der Waals surface area contributed by atoms with Crippen molar-refractivity contribution in [2.75, 3.05) is 25.1 Å². The van der Waals surface area contributed by atoms with E-state index in [4.69, 9.17) is 9.47 Å². The summed E-state index contributed by atoms with van der Waals surface area (Å²) in [5.74, 6) is 0.348. The Balaban J connectivity index is 1.52.